The fourth-order valence-corrected chi connectivity index (χ4v) is 2.21. The molecule has 1 fully saturated rings. The Morgan fingerprint density at radius 3 is 2.52 bits per heavy atom. The lowest BCUT2D eigenvalue weighted by atomic mass is 9.95. The van der Waals surface area contributed by atoms with E-state index in [4.69, 9.17) is 5.84 Å². The van der Waals surface area contributed by atoms with Crippen LogP contribution in [-0.4, -0.2) is 28.5 Å². The van der Waals surface area contributed by atoms with Gasteiger partial charge in [-0.2, -0.15) is 0 Å². The van der Waals surface area contributed by atoms with Crippen LogP contribution in [0.25, 0.3) is 0 Å². The summed E-state index contributed by atoms with van der Waals surface area (Å²) >= 11 is 0. The lowest BCUT2D eigenvalue weighted by Gasteiger charge is -2.26. The van der Waals surface area contributed by atoms with E-state index in [1.54, 1.807) is 0 Å². The molecule has 1 aromatic rings. The normalized spacial score (nSPS) is 19.1. The standard InChI is InChI=1S/C14H24N6O/c1-8-10(17-9-6-5-7-16-12(9)21)18-13(14(2,3)4)19-11(8)20-15/h9H,5-7,15H2,1-4H3,(H,16,21)(H2,17,18,19,20). The molecule has 0 aliphatic carbocycles. The number of nitrogen functional groups attached to an aromatic ring is 1. The van der Waals surface area contributed by atoms with Gasteiger partial charge in [-0.15, -0.1) is 0 Å². The Morgan fingerprint density at radius 2 is 1.95 bits per heavy atom. The Hall–Kier alpha value is -1.89. The Balaban J connectivity index is 2.35. The van der Waals surface area contributed by atoms with Crippen LogP contribution in [0.15, 0.2) is 0 Å². The van der Waals surface area contributed by atoms with Gasteiger partial charge in [0.05, 0.1) is 0 Å². The minimum atomic E-state index is -0.259. The molecule has 1 aliphatic heterocycles. The van der Waals surface area contributed by atoms with E-state index in [1.165, 1.54) is 0 Å². The monoisotopic (exact) mass is 292 g/mol. The molecule has 0 aromatic carbocycles. The van der Waals surface area contributed by atoms with E-state index in [0.29, 0.717) is 17.5 Å². The number of piperidine rings is 1. The van der Waals surface area contributed by atoms with E-state index >= 15 is 0 Å². The molecule has 0 spiro atoms. The van der Waals surface area contributed by atoms with Crippen molar-refractivity contribution in [1.82, 2.24) is 15.3 Å². The Kier molecular flexibility index (Phi) is 4.32. The molecule has 1 saturated heterocycles. The predicted octanol–water partition coefficient (Wildman–Crippen LogP) is 1.06. The van der Waals surface area contributed by atoms with Crippen molar-refractivity contribution in [2.75, 3.05) is 17.3 Å². The summed E-state index contributed by atoms with van der Waals surface area (Å²) in [7, 11) is 0. The minimum absolute atomic E-state index is 0.0128. The maximum atomic E-state index is 11.9. The number of aromatic nitrogens is 2. The van der Waals surface area contributed by atoms with Crippen LogP contribution in [0.3, 0.4) is 0 Å². The van der Waals surface area contributed by atoms with Crippen LogP contribution in [0, 0.1) is 6.92 Å². The first-order valence-electron chi connectivity index (χ1n) is 7.23. The van der Waals surface area contributed by atoms with Gasteiger partial charge < -0.3 is 16.1 Å². The van der Waals surface area contributed by atoms with Gasteiger partial charge in [0.1, 0.15) is 23.5 Å². The van der Waals surface area contributed by atoms with Crippen LogP contribution < -0.4 is 21.9 Å². The van der Waals surface area contributed by atoms with Crippen molar-refractivity contribution in [3.05, 3.63) is 11.4 Å². The van der Waals surface area contributed by atoms with Crippen molar-refractivity contribution < 1.29 is 4.79 Å². The van der Waals surface area contributed by atoms with Crippen molar-refractivity contribution in [2.45, 2.75) is 52.0 Å². The zero-order valence-electron chi connectivity index (χ0n) is 13.1. The molecule has 1 aromatic heterocycles. The Bertz CT molecular complexity index is 537. The van der Waals surface area contributed by atoms with Crippen LogP contribution in [0.2, 0.25) is 0 Å². The zero-order chi connectivity index (χ0) is 15.6. The Labute approximate surface area is 125 Å². The van der Waals surface area contributed by atoms with Gasteiger partial charge in [-0.05, 0) is 19.8 Å². The summed E-state index contributed by atoms with van der Waals surface area (Å²) in [5.41, 5.74) is 3.21. The molecule has 0 saturated carbocycles. The highest BCUT2D eigenvalue weighted by Crippen LogP contribution is 2.26. The first kappa shape index (κ1) is 15.5. The van der Waals surface area contributed by atoms with E-state index in [9.17, 15) is 4.79 Å². The first-order chi connectivity index (χ1) is 9.82. The molecule has 2 rings (SSSR count). The maximum Gasteiger partial charge on any atom is 0.242 e. The number of hydrogen-bond acceptors (Lipinski definition) is 6. The number of rotatable bonds is 3. The molecule has 1 aliphatic rings. The second kappa shape index (κ2) is 5.85. The third kappa shape index (κ3) is 3.41. The van der Waals surface area contributed by atoms with Gasteiger partial charge in [0.2, 0.25) is 5.91 Å². The summed E-state index contributed by atoms with van der Waals surface area (Å²) in [5.74, 6) is 7.47. The van der Waals surface area contributed by atoms with Crippen molar-refractivity contribution in [2.24, 2.45) is 5.84 Å². The van der Waals surface area contributed by atoms with Gasteiger partial charge in [0, 0.05) is 17.5 Å². The SMILES string of the molecule is Cc1c(NN)nc(C(C)(C)C)nc1NC1CCCNC1=O. The van der Waals surface area contributed by atoms with E-state index < -0.39 is 0 Å². The molecular weight excluding hydrogens is 268 g/mol. The molecule has 7 nitrogen and oxygen atoms in total. The van der Waals surface area contributed by atoms with Crippen molar-refractivity contribution in [1.29, 1.82) is 0 Å². The molecule has 7 heteroatoms. The number of nitrogens with one attached hydrogen (secondary N) is 3. The van der Waals surface area contributed by atoms with Gasteiger partial charge in [-0.1, -0.05) is 20.8 Å². The summed E-state index contributed by atoms with van der Waals surface area (Å²) in [6.45, 7) is 8.73. The maximum absolute atomic E-state index is 11.9. The van der Waals surface area contributed by atoms with Crippen molar-refractivity contribution in [3.8, 4) is 0 Å². The van der Waals surface area contributed by atoms with Crippen LogP contribution >= 0.6 is 0 Å². The number of amides is 1. The highest BCUT2D eigenvalue weighted by molar-refractivity contribution is 5.85. The number of carbonyl (C=O) groups excluding carboxylic acids is 1. The molecule has 0 radical (unpaired) electrons. The van der Waals surface area contributed by atoms with Crippen LogP contribution in [0.5, 0.6) is 0 Å². The number of hydrogen-bond donors (Lipinski definition) is 4. The second-order valence-corrected chi connectivity index (χ2v) is 6.39. The largest absolute Gasteiger partial charge is 0.358 e. The third-order valence-electron chi connectivity index (χ3n) is 3.55. The third-order valence-corrected chi connectivity index (χ3v) is 3.55. The number of nitrogens with two attached hydrogens (primary N) is 1. The molecule has 21 heavy (non-hydrogen) atoms. The molecular formula is C14H24N6O. The van der Waals surface area contributed by atoms with Crippen molar-refractivity contribution >= 4 is 17.5 Å². The lowest BCUT2D eigenvalue weighted by molar-refractivity contribution is -0.123. The lowest BCUT2D eigenvalue weighted by Crippen LogP contribution is -2.44. The quantitative estimate of drug-likeness (QED) is 0.490. The number of anilines is 2. The summed E-state index contributed by atoms with van der Waals surface area (Å²) in [4.78, 5) is 20.9. The van der Waals surface area contributed by atoms with E-state index in [0.717, 1.165) is 24.9 Å². The second-order valence-electron chi connectivity index (χ2n) is 6.39. The molecule has 0 bridgehead atoms. The van der Waals surface area contributed by atoms with Gasteiger partial charge in [-0.25, -0.2) is 15.8 Å². The molecule has 1 atom stereocenters. The number of nitrogens with zero attached hydrogens (tertiary/aromatic N) is 2. The highest BCUT2D eigenvalue weighted by atomic mass is 16.2. The fraction of sp³-hybridized carbons (Fsp3) is 0.643. The average Bonchev–Trinajstić information content (AvgIpc) is 2.42. The van der Waals surface area contributed by atoms with Crippen LogP contribution in [-0.2, 0) is 10.2 Å². The number of carbonyl (C=O) groups is 1. The van der Waals surface area contributed by atoms with Gasteiger partial charge >= 0.3 is 0 Å². The van der Waals surface area contributed by atoms with Crippen LogP contribution in [0.1, 0.15) is 45.0 Å². The fourth-order valence-electron chi connectivity index (χ4n) is 2.21. The summed E-state index contributed by atoms with van der Waals surface area (Å²) in [6.07, 6.45) is 1.76. The summed E-state index contributed by atoms with van der Waals surface area (Å²) < 4.78 is 0. The minimum Gasteiger partial charge on any atom is -0.358 e. The topological polar surface area (TPSA) is 105 Å². The first-order valence-corrected chi connectivity index (χ1v) is 7.23. The smallest absolute Gasteiger partial charge is 0.242 e. The summed E-state index contributed by atoms with van der Waals surface area (Å²) in [5, 5.41) is 6.09. The number of hydrazine groups is 1. The molecule has 1 unspecified atom stereocenters. The Morgan fingerprint density at radius 1 is 1.29 bits per heavy atom. The van der Waals surface area contributed by atoms with Gasteiger partial charge in [0.15, 0.2) is 0 Å². The van der Waals surface area contributed by atoms with Gasteiger partial charge in [-0.3, -0.25) is 4.79 Å². The highest BCUT2D eigenvalue weighted by Gasteiger charge is 2.25. The molecule has 116 valence electrons. The average molecular weight is 292 g/mol. The molecule has 5 N–H and O–H groups in total. The van der Waals surface area contributed by atoms with E-state index in [-0.39, 0.29) is 17.4 Å². The van der Waals surface area contributed by atoms with Crippen LogP contribution in [0.4, 0.5) is 11.6 Å². The predicted molar refractivity (Wildman–Crippen MR) is 82.9 cm³/mol. The molecule has 1 amide bonds. The van der Waals surface area contributed by atoms with Crippen molar-refractivity contribution in [3.63, 3.8) is 0 Å². The molecule has 2 heterocycles. The zero-order valence-corrected chi connectivity index (χ0v) is 13.1. The van der Waals surface area contributed by atoms with Gasteiger partial charge in [0.25, 0.3) is 0 Å². The van der Waals surface area contributed by atoms with E-state index in [1.807, 2.05) is 27.7 Å². The van der Waals surface area contributed by atoms with E-state index in [2.05, 4.69) is 26.0 Å². The summed E-state index contributed by atoms with van der Waals surface area (Å²) in [6, 6.07) is -0.259.